The number of carbonyl (C=O) groups is 3. The fraction of sp³-hybridized carbons (Fsp3) is 0.417. The minimum absolute atomic E-state index is 0.0942. The first kappa shape index (κ1) is 20.9. The van der Waals surface area contributed by atoms with Gasteiger partial charge < -0.3 is 0 Å². The second kappa shape index (κ2) is 8.27. The normalized spacial score (nSPS) is 19.9. The molecule has 1 saturated heterocycles. The molecule has 152 valence electrons. The number of carbonyl (C=O) groups excluding carboxylic acids is 3. The first-order valence-electron chi connectivity index (χ1n) is 10.2. The van der Waals surface area contributed by atoms with Gasteiger partial charge in [-0.1, -0.05) is 38.1 Å². The van der Waals surface area contributed by atoms with Crippen molar-refractivity contribution in [3.8, 4) is 0 Å². The van der Waals surface area contributed by atoms with E-state index in [1.165, 1.54) is 0 Å². The van der Waals surface area contributed by atoms with Crippen molar-refractivity contribution in [2.24, 2.45) is 5.41 Å². The maximum absolute atomic E-state index is 12.6. The van der Waals surface area contributed by atoms with Gasteiger partial charge in [-0.15, -0.1) is 0 Å². The first-order valence-corrected chi connectivity index (χ1v) is 10.2. The monoisotopic (exact) mass is 392 g/mol. The predicted octanol–water partition coefficient (Wildman–Crippen LogP) is 3.92. The van der Waals surface area contributed by atoms with Gasteiger partial charge in [0.25, 0.3) is 0 Å². The van der Waals surface area contributed by atoms with Crippen molar-refractivity contribution in [2.45, 2.75) is 59.3 Å². The molecule has 1 aromatic heterocycles. The van der Waals surface area contributed by atoms with Crippen LogP contribution in [0.15, 0.2) is 36.4 Å². The van der Waals surface area contributed by atoms with Crippen molar-refractivity contribution in [3.63, 3.8) is 0 Å². The molecule has 0 saturated carbocycles. The molecule has 29 heavy (non-hydrogen) atoms. The minimum atomic E-state index is -0.751. The van der Waals surface area contributed by atoms with Gasteiger partial charge in [-0.05, 0) is 55.9 Å². The summed E-state index contributed by atoms with van der Waals surface area (Å²) in [6.07, 6.45) is 2.20. The van der Waals surface area contributed by atoms with Gasteiger partial charge in [-0.25, -0.2) is 0 Å². The summed E-state index contributed by atoms with van der Waals surface area (Å²) < 4.78 is 0. The summed E-state index contributed by atoms with van der Waals surface area (Å²) >= 11 is 0. The van der Waals surface area contributed by atoms with Crippen molar-refractivity contribution >= 4 is 17.6 Å². The Hall–Kier alpha value is -2.82. The van der Waals surface area contributed by atoms with Crippen molar-refractivity contribution < 1.29 is 14.4 Å². The van der Waals surface area contributed by atoms with Crippen LogP contribution in [0.5, 0.6) is 0 Å². The molecule has 2 amide bonds. The Labute approximate surface area is 171 Å². The van der Waals surface area contributed by atoms with E-state index in [1.807, 2.05) is 51.1 Å². The quantitative estimate of drug-likeness (QED) is 0.572. The van der Waals surface area contributed by atoms with Crippen LogP contribution in [0.2, 0.25) is 0 Å². The molecule has 2 atom stereocenters. The standard InChI is InChI=1S/C24H28N2O3/c1-5-20-13-17(12-15(2)25-20)6-11-21(27)19-9-7-18(8-10-19)16(3)24(4)14-22(28)26-23(24)29/h7-10,12-13,16H,5-6,11,14H2,1-4H3,(H,26,28,29)/t16-,24+/m1/s1. The molecule has 1 aromatic carbocycles. The molecule has 0 aliphatic carbocycles. The van der Waals surface area contributed by atoms with Gasteiger partial charge in [-0.2, -0.15) is 0 Å². The number of aryl methyl sites for hydroxylation is 3. The van der Waals surface area contributed by atoms with Gasteiger partial charge in [0, 0.05) is 29.8 Å². The van der Waals surface area contributed by atoms with E-state index < -0.39 is 5.41 Å². The van der Waals surface area contributed by atoms with Crippen molar-refractivity contribution in [1.29, 1.82) is 0 Å². The van der Waals surface area contributed by atoms with Crippen LogP contribution in [0.25, 0.3) is 0 Å². The lowest BCUT2D eigenvalue weighted by atomic mass is 9.73. The number of hydrogen-bond donors (Lipinski definition) is 1. The van der Waals surface area contributed by atoms with Crippen LogP contribution in [0, 0.1) is 12.3 Å². The second-order valence-corrected chi connectivity index (χ2v) is 8.20. The Balaban J connectivity index is 1.67. The zero-order chi connectivity index (χ0) is 21.2. The molecule has 1 aliphatic rings. The molecular weight excluding hydrogens is 364 g/mol. The number of hydrogen-bond acceptors (Lipinski definition) is 4. The molecule has 1 fully saturated rings. The zero-order valence-electron chi connectivity index (χ0n) is 17.5. The molecule has 2 aromatic rings. The molecule has 5 nitrogen and oxygen atoms in total. The van der Waals surface area contributed by atoms with E-state index in [4.69, 9.17) is 0 Å². The third-order valence-corrected chi connectivity index (χ3v) is 6.06. The first-order chi connectivity index (χ1) is 13.7. The molecule has 3 rings (SSSR count). The molecule has 0 spiro atoms. The number of Topliss-reactive ketones (excluding diaryl/α,β-unsaturated/α-hetero) is 1. The molecule has 5 heteroatoms. The lowest BCUT2D eigenvalue weighted by Gasteiger charge is -2.28. The van der Waals surface area contributed by atoms with Gasteiger partial charge in [-0.3, -0.25) is 24.7 Å². The lowest BCUT2D eigenvalue weighted by molar-refractivity contribution is -0.128. The number of pyridine rings is 1. The van der Waals surface area contributed by atoms with E-state index in [0.29, 0.717) is 18.4 Å². The summed E-state index contributed by atoms with van der Waals surface area (Å²) in [5.41, 5.74) is 4.03. The van der Waals surface area contributed by atoms with Gasteiger partial charge in [0.1, 0.15) is 0 Å². The maximum atomic E-state index is 12.6. The topological polar surface area (TPSA) is 76.1 Å². The molecule has 2 heterocycles. The van der Waals surface area contributed by atoms with Crippen molar-refractivity contribution in [3.05, 3.63) is 64.5 Å². The number of imide groups is 1. The van der Waals surface area contributed by atoms with Crippen molar-refractivity contribution in [2.75, 3.05) is 0 Å². The average Bonchev–Trinajstić information content (AvgIpc) is 2.97. The predicted molar refractivity (Wildman–Crippen MR) is 112 cm³/mol. The summed E-state index contributed by atoms with van der Waals surface area (Å²) in [4.78, 5) is 40.9. The number of amides is 2. The SMILES string of the molecule is CCc1cc(CCC(=O)c2ccc([C@@H](C)[C@]3(C)CC(=O)NC3=O)cc2)cc(C)n1. The molecule has 1 N–H and O–H groups in total. The Morgan fingerprint density at radius 3 is 2.48 bits per heavy atom. The molecule has 0 bridgehead atoms. The summed E-state index contributed by atoms with van der Waals surface area (Å²) in [6.45, 7) is 7.82. The van der Waals surface area contributed by atoms with Crippen molar-refractivity contribution in [1.82, 2.24) is 10.3 Å². The van der Waals surface area contributed by atoms with E-state index in [1.54, 1.807) is 0 Å². The smallest absolute Gasteiger partial charge is 0.233 e. The maximum Gasteiger partial charge on any atom is 0.233 e. The largest absolute Gasteiger partial charge is 0.296 e. The molecule has 0 radical (unpaired) electrons. The van der Waals surface area contributed by atoms with E-state index in [0.717, 1.165) is 28.9 Å². The number of benzene rings is 1. The van der Waals surface area contributed by atoms with Crippen LogP contribution < -0.4 is 5.32 Å². The second-order valence-electron chi connectivity index (χ2n) is 8.20. The summed E-state index contributed by atoms with van der Waals surface area (Å²) in [7, 11) is 0. The summed E-state index contributed by atoms with van der Waals surface area (Å²) in [6, 6.07) is 11.5. The number of nitrogens with zero attached hydrogens (tertiary/aromatic N) is 1. The Morgan fingerprint density at radius 1 is 1.21 bits per heavy atom. The van der Waals surface area contributed by atoms with Gasteiger partial charge in [0.2, 0.25) is 11.8 Å². The number of rotatable bonds is 7. The Kier molecular flexibility index (Phi) is 5.96. The Morgan fingerprint density at radius 2 is 1.90 bits per heavy atom. The Bertz CT molecular complexity index is 949. The third-order valence-electron chi connectivity index (χ3n) is 6.06. The molecule has 1 aliphatic heterocycles. The van der Waals surface area contributed by atoms with E-state index in [2.05, 4.69) is 23.3 Å². The van der Waals surface area contributed by atoms with E-state index in [9.17, 15) is 14.4 Å². The van der Waals surface area contributed by atoms with Crippen LogP contribution in [0.3, 0.4) is 0 Å². The third kappa shape index (κ3) is 4.44. The van der Waals surface area contributed by atoms with Crippen LogP contribution >= 0.6 is 0 Å². The van der Waals surface area contributed by atoms with E-state index in [-0.39, 0.29) is 29.9 Å². The number of nitrogens with one attached hydrogen (secondary N) is 1. The highest BCUT2D eigenvalue weighted by Gasteiger charge is 2.46. The fourth-order valence-electron chi connectivity index (χ4n) is 3.95. The van der Waals surface area contributed by atoms with Crippen LogP contribution in [-0.4, -0.2) is 22.6 Å². The highest BCUT2D eigenvalue weighted by atomic mass is 16.2. The fourth-order valence-corrected chi connectivity index (χ4v) is 3.95. The van der Waals surface area contributed by atoms with Gasteiger partial charge in [0.05, 0.1) is 5.41 Å². The average molecular weight is 392 g/mol. The summed E-state index contributed by atoms with van der Waals surface area (Å²) in [5, 5.41) is 2.40. The van der Waals surface area contributed by atoms with Gasteiger partial charge in [0.15, 0.2) is 5.78 Å². The highest BCUT2D eigenvalue weighted by molar-refractivity contribution is 6.06. The summed E-state index contributed by atoms with van der Waals surface area (Å²) in [5.74, 6) is -0.481. The van der Waals surface area contributed by atoms with Crippen LogP contribution in [0.1, 0.15) is 72.4 Å². The highest BCUT2D eigenvalue weighted by Crippen LogP contribution is 2.41. The number of aromatic nitrogens is 1. The zero-order valence-corrected chi connectivity index (χ0v) is 17.5. The van der Waals surface area contributed by atoms with Crippen LogP contribution in [0.4, 0.5) is 0 Å². The minimum Gasteiger partial charge on any atom is -0.296 e. The molecular formula is C24H28N2O3. The molecule has 0 unspecified atom stereocenters. The van der Waals surface area contributed by atoms with Gasteiger partial charge >= 0.3 is 0 Å². The van der Waals surface area contributed by atoms with Crippen LogP contribution in [-0.2, 0) is 22.4 Å². The van der Waals surface area contributed by atoms with E-state index >= 15 is 0 Å². The number of ketones is 1. The lowest BCUT2D eigenvalue weighted by Crippen LogP contribution is -2.33.